The molecule has 9 nitrogen and oxygen atoms in total. The summed E-state index contributed by atoms with van der Waals surface area (Å²) in [7, 11) is 3.06. The van der Waals surface area contributed by atoms with E-state index in [1.165, 1.54) is 32.4 Å². The lowest BCUT2D eigenvalue weighted by molar-refractivity contribution is -0.384. The van der Waals surface area contributed by atoms with Gasteiger partial charge in [-0.3, -0.25) is 14.9 Å². The molecule has 0 aliphatic carbocycles. The molecule has 0 saturated carbocycles. The summed E-state index contributed by atoms with van der Waals surface area (Å²) in [5, 5.41) is 18.9. The van der Waals surface area contributed by atoms with E-state index in [0.29, 0.717) is 28.2 Å². The predicted octanol–water partition coefficient (Wildman–Crippen LogP) is 3.63. The smallest absolute Gasteiger partial charge is 0.281 e. The van der Waals surface area contributed by atoms with Gasteiger partial charge in [-0.05, 0) is 30.0 Å². The molecule has 3 rings (SSSR count). The highest BCUT2D eigenvalue weighted by Gasteiger charge is 2.16. The van der Waals surface area contributed by atoms with Crippen LogP contribution in [0.25, 0.3) is 11.5 Å². The van der Waals surface area contributed by atoms with Gasteiger partial charge in [0.1, 0.15) is 11.5 Å². The summed E-state index contributed by atoms with van der Waals surface area (Å²) in [4.78, 5) is 22.0. The summed E-state index contributed by atoms with van der Waals surface area (Å²) in [5.41, 5.74) is 0.595. The predicted molar refractivity (Wildman–Crippen MR) is 95.4 cm³/mol. The quantitative estimate of drug-likeness (QED) is 0.340. The summed E-state index contributed by atoms with van der Waals surface area (Å²) >= 11 is 1.04. The number of methoxy groups -OCH3 is 2. The van der Waals surface area contributed by atoms with E-state index < -0.39 is 4.92 Å². The summed E-state index contributed by atoms with van der Waals surface area (Å²) in [6.45, 7) is 0. The van der Waals surface area contributed by atoms with Gasteiger partial charge in [0.05, 0.1) is 19.1 Å². The topological polar surface area (TPSA) is 118 Å². The lowest BCUT2D eigenvalue weighted by atomic mass is 10.2. The van der Waals surface area contributed by atoms with Crippen LogP contribution in [0.3, 0.4) is 0 Å². The number of ether oxygens (including phenoxy) is 2. The molecule has 0 unspecified atom stereocenters. The van der Waals surface area contributed by atoms with Gasteiger partial charge in [-0.1, -0.05) is 0 Å². The van der Waals surface area contributed by atoms with Gasteiger partial charge in [-0.2, -0.15) is 0 Å². The van der Waals surface area contributed by atoms with Gasteiger partial charge in [-0.25, -0.2) is 0 Å². The van der Waals surface area contributed by atoms with Crippen LogP contribution in [0.5, 0.6) is 11.5 Å². The van der Waals surface area contributed by atoms with Crippen LogP contribution in [0.1, 0.15) is 10.4 Å². The third-order valence-electron chi connectivity index (χ3n) is 3.53. The van der Waals surface area contributed by atoms with Gasteiger partial charge in [-0.15, -0.1) is 10.2 Å². The molecular weight excluding hydrogens is 374 g/mol. The molecule has 1 aromatic heterocycles. The Hall–Kier alpha value is -3.40. The van der Waals surface area contributed by atoms with Crippen molar-refractivity contribution in [3.8, 4) is 23.0 Å². The van der Waals surface area contributed by atoms with Crippen molar-refractivity contribution in [2.45, 2.75) is 10.1 Å². The Balaban J connectivity index is 1.89. The second-order valence-electron chi connectivity index (χ2n) is 5.17. The van der Waals surface area contributed by atoms with Crippen molar-refractivity contribution < 1.29 is 23.6 Å². The molecule has 0 aliphatic heterocycles. The van der Waals surface area contributed by atoms with Crippen molar-refractivity contribution in [3.63, 3.8) is 0 Å². The molecular formula is C17H13N3O6S. The highest BCUT2D eigenvalue weighted by atomic mass is 32.2. The highest BCUT2D eigenvalue weighted by Crippen LogP contribution is 2.34. The number of nitro benzene ring substituents is 1. The van der Waals surface area contributed by atoms with Gasteiger partial charge in [0.2, 0.25) is 5.89 Å². The lowest BCUT2D eigenvalue weighted by Gasteiger charge is -2.05. The zero-order valence-corrected chi connectivity index (χ0v) is 15.1. The monoisotopic (exact) mass is 387 g/mol. The Morgan fingerprint density at radius 1 is 1.11 bits per heavy atom. The molecule has 0 fully saturated rings. The van der Waals surface area contributed by atoms with Gasteiger partial charge in [0.25, 0.3) is 10.9 Å². The molecule has 0 bridgehead atoms. The maximum Gasteiger partial charge on any atom is 0.281 e. The molecule has 0 amide bonds. The van der Waals surface area contributed by atoms with Crippen molar-refractivity contribution >= 4 is 23.7 Å². The first-order valence-corrected chi connectivity index (χ1v) is 8.34. The average molecular weight is 387 g/mol. The van der Waals surface area contributed by atoms with Crippen LogP contribution in [0.4, 0.5) is 5.69 Å². The SMILES string of the molecule is COc1cc(OC)cc(-c2nnc(Sc3ccc([N+](=O)[O-])cc3C=O)o2)c1. The molecule has 1 heterocycles. The number of hydrogen-bond donors (Lipinski definition) is 0. The van der Waals surface area contributed by atoms with Crippen LogP contribution >= 0.6 is 11.8 Å². The molecule has 0 N–H and O–H groups in total. The molecule has 0 atom stereocenters. The molecule has 2 aromatic carbocycles. The number of carbonyl (C=O) groups excluding carboxylic acids is 1. The number of carbonyl (C=O) groups is 1. The maximum atomic E-state index is 11.2. The van der Waals surface area contributed by atoms with Crippen LogP contribution in [0.2, 0.25) is 0 Å². The number of nitrogens with zero attached hydrogens (tertiary/aromatic N) is 3. The van der Waals surface area contributed by atoms with Crippen LogP contribution in [-0.2, 0) is 0 Å². The second kappa shape index (κ2) is 7.87. The fraction of sp³-hybridized carbons (Fsp3) is 0.118. The molecule has 0 spiro atoms. The first-order chi connectivity index (χ1) is 13.0. The van der Waals surface area contributed by atoms with E-state index in [1.54, 1.807) is 18.2 Å². The first-order valence-electron chi connectivity index (χ1n) is 7.52. The normalized spacial score (nSPS) is 10.4. The fourth-order valence-electron chi connectivity index (χ4n) is 2.23. The number of hydrogen-bond acceptors (Lipinski definition) is 9. The largest absolute Gasteiger partial charge is 0.497 e. The Morgan fingerprint density at radius 2 is 1.81 bits per heavy atom. The molecule has 10 heteroatoms. The second-order valence-corrected chi connectivity index (χ2v) is 6.17. The molecule has 138 valence electrons. The third kappa shape index (κ3) is 4.06. The van der Waals surface area contributed by atoms with Gasteiger partial charge >= 0.3 is 0 Å². The molecule has 27 heavy (non-hydrogen) atoms. The van der Waals surface area contributed by atoms with E-state index in [2.05, 4.69) is 10.2 Å². The Morgan fingerprint density at radius 3 is 2.41 bits per heavy atom. The number of nitro groups is 1. The maximum absolute atomic E-state index is 11.2. The number of rotatable bonds is 7. The first kappa shape index (κ1) is 18.4. The van der Waals surface area contributed by atoms with Gasteiger partial charge in [0.15, 0.2) is 6.29 Å². The van der Waals surface area contributed by atoms with Gasteiger partial charge in [0, 0.05) is 34.2 Å². The highest BCUT2D eigenvalue weighted by molar-refractivity contribution is 7.99. The molecule has 0 saturated heterocycles. The summed E-state index contributed by atoms with van der Waals surface area (Å²) in [6, 6.07) is 9.10. The number of aromatic nitrogens is 2. The Kier molecular flexibility index (Phi) is 5.36. The van der Waals surface area contributed by atoms with E-state index >= 15 is 0 Å². The van der Waals surface area contributed by atoms with Crippen LogP contribution < -0.4 is 9.47 Å². The minimum Gasteiger partial charge on any atom is -0.497 e. The minimum absolute atomic E-state index is 0.164. The third-order valence-corrected chi connectivity index (χ3v) is 4.46. The summed E-state index contributed by atoms with van der Waals surface area (Å²) < 4.78 is 16.1. The zero-order chi connectivity index (χ0) is 19.4. The average Bonchev–Trinajstić information content (AvgIpc) is 3.16. The van der Waals surface area contributed by atoms with Crippen LogP contribution in [0, 0.1) is 10.1 Å². The van der Waals surface area contributed by atoms with E-state index in [0.717, 1.165) is 11.8 Å². The molecule has 0 aliphatic rings. The Labute approximate surface area is 157 Å². The van der Waals surface area contributed by atoms with E-state index in [1.807, 2.05) is 0 Å². The van der Waals surface area contributed by atoms with E-state index in [-0.39, 0.29) is 22.4 Å². The fourth-order valence-corrected chi connectivity index (χ4v) is 2.98. The minimum atomic E-state index is -0.567. The number of non-ortho nitro benzene ring substituents is 1. The number of benzene rings is 2. The van der Waals surface area contributed by atoms with E-state index in [9.17, 15) is 14.9 Å². The van der Waals surface area contributed by atoms with Crippen molar-refractivity contribution in [2.75, 3.05) is 14.2 Å². The van der Waals surface area contributed by atoms with Crippen LogP contribution in [-0.4, -0.2) is 35.6 Å². The van der Waals surface area contributed by atoms with Crippen molar-refractivity contribution in [2.24, 2.45) is 0 Å². The lowest BCUT2D eigenvalue weighted by Crippen LogP contribution is -1.92. The van der Waals surface area contributed by atoms with E-state index in [4.69, 9.17) is 13.9 Å². The van der Waals surface area contributed by atoms with Crippen molar-refractivity contribution in [1.82, 2.24) is 10.2 Å². The Bertz CT molecular complexity index is 982. The summed E-state index contributed by atoms with van der Waals surface area (Å²) in [5.74, 6) is 1.37. The zero-order valence-electron chi connectivity index (χ0n) is 14.2. The van der Waals surface area contributed by atoms with Crippen molar-refractivity contribution in [3.05, 3.63) is 52.1 Å². The van der Waals surface area contributed by atoms with Crippen molar-refractivity contribution in [1.29, 1.82) is 0 Å². The molecule has 0 radical (unpaired) electrons. The number of aldehydes is 1. The van der Waals surface area contributed by atoms with Gasteiger partial charge < -0.3 is 13.9 Å². The standard InChI is InChI=1S/C17H13N3O6S/c1-24-13-6-10(7-14(8-13)25-2)16-18-19-17(26-16)27-15-4-3-12(20(22)23)5-11(15)9-21/h3-9H,1-2H3. The van der Waals surface area contributed by atoms with Crippen LogP contribution in [0.15, 0.2) is 50.9 Å². The molecule has 3 aromatic rings. The summed E-state index contributed by atoms with van der Waals surface area (Å²) in [6.07, 6.45) is 0.541.